The average Bonchev–Trinajstić information content (AvgIpc) is 3.22. The maximum Gasteiger partial charge on any atom is 0.323 e. The van der Waals surface area contributed by atoms with Crippen LogP contribution >= 0.6 is 11.3 Å². The van der Waals surface area contributed by atoms with Crippen molar-refractivity contribution in [3.05, 3.63) is 36.5 Å². The van der Waals surface area contributed by atoms with E-state index in [1.54, 1.807) is 11.1 Å². The molecule has 0 aliphatic carbocycles. The average molecular weight is 409 g/mol. The summed E-state index contributed by atoms with van der Waals surface area (Å²) in [7, 11) is 0.784. The van der Waals surface area contributed by atoms with Crippen molar-refractivity contribution in [2.45, 2.75) is 12.5 Å². The maximum atomic E-state index is 12.8. The monoisotopic (exact) mass is 408 g/mol. The number of hydrogen-bond acceptors (Lipinski definition) is 6. The van der Waals surface area contributed by atoms with Crippen molar-refractivity contribution in [2.75, 3.05) is 44.0 Å². The first-order valence-electron chi connectivity index (χ1n) is 8.78. The lowest BCUT2D eigenvalue weighted by Crippen LogP contribution is -2.46. The highest BCUT2D eigenvalue weighted by atomic mass is 32.2. The Kier molecular flexibility index (Phi) is 6.13. The third kappa shape index (κ3) is 5.27. The molecule has 1 atom stereocenters. The molecule has 1 aromatic carbocycles. The molecule has 2 aromatic rings. The summed E-state index contributed by atoms with van der Waals surface area (Å²) in [5, 5.41) is 3.35. The molecular weight excluding hydrogens is 384 g/mol. The first kappa shape index (κ1) is 19.8. The van der Waals surface area contributed by atoms with Crippen LogP contribution in [0.4, 0.5) is 9.93 Å². The fourth-order valence-electron chi connectivity index (χ4n) is 3.01. The lowest BCUT2D eigenvalue weighted by Gasteiger charge is -2.29. The van der Waals surface area contributed by atoms with Gasteiger partial charge in [0.1, 0.15) is 0 Å². The van der Waals surface area contributed by atoms with Crippen LogP contribution in [0.25, 0.3) is 10.4 Å². The molecule has 1 fully saturated rings. The Balaban J connectivity index is 1.71. The van der Waals surface area contributed by atoms with E-state index in [2.05, 4.69) is 10.3 Å². The molecule has 0 saturated carbocycles. The van der Waals surface area contributed by atoms with Crippen LogP contribution in [0.1, 0.15) is 6.42 Å². The van der Waals surface area contributed by atoms with Gasteiger partial charge >= 0.3 is 6.03 Å². The van der Waals surface area contributed by atoms with Gasteiger partial charge in [-0.2, -0.15) is 0 Å². The summed E-state index contributed by atoms with van der Waals surface area (Å²) < 4.78 is 23.7. The first-order chi connectivity index (χ1) is 12.8. The summed E-state index contributed by atoms with van der Waals surface area (Å²) in [6.45, 7) is 1.13. The molecule has 1 aliphatic heterocycles. The number of carbonyl (C=O) groups is 1. The van der Waals surface area contributed by atoms with Crippen molar-refractivity contribution in [2.24, 2.45) is 0 Å². The number of thiazole rings is 1. The predicted molar refractivity (Wildman–Crippen MR) is 109 cm³/mol. The number of likely N-dealkylation sites (N-methyl/N-ethyl adjacent to an activating group) is 1. The second-order valence-corrected chi connectivity index (χ2v) is 10.1. The summed E-state index contributed by atoms with van der Waals surface area (Å²) in [6.07, 6.45) is 2.22. The highest BCUT2D eigenvalue weighted by Crippen LogP contribution is 2.29. The number of nitrogens with zero attached hydrogens (tertiary/aromatic N) is 3. The van der Waals surface area contributed by atoms with Gasteiger partial charge in [-0.25, -0.2) is 18.2 Å². The van der Waals surface area contributed by atoms with Crippen molar-refractivity contribution in [1.29, 1.82) is 0 Å². The molecule has 2 amide bonds. The fourth-order valence-corrected chi connectivity index (χ4v) is 5.55. The van der Waals surface area contributed by atoms with E-state index < -0.39 is 9.84 Å². The highest BCUT2D eigenvalue weighted by molar-refractivity contribution is 7.91. The third-order valence-corrected chi connectivity index (χ3v) is 7.19. The van der Waals surface area contributed by atoms with Crippen molar-refractivity contribution in [3.8, 4) is 10.4 Å². The van der Waals surface area contributed by atoms with E-state index in [0.29, 0.717) is 24.6 Å². The van der Waals surface area contributed by atoms with Crippen molar-refractivity contribution in [3.63, 3.8) is 0 Å². The van der Waals surface area contributed by atoms with E-state index in [-0.39, 0.29) is 23.6 Å². The zero-order valence-corrected chi connectivity index (χ0v) is 17.1. The molecule has 2 heterocycles. The fraction of sp³-hybridized carbons (Fsp3) is 0.444. The number of benzene rings is 1. The third-order valence-electron chi connectivity index (χ3n) is 4.48. The minimum absolute atomic E-state index is 0.0288. The standard InChI is InChI=1S/C18H24N4O3S2/c1-21(2)9-10-22(15-8-11-27(24,25)13-15)18(23)20-17-19-12-16(26-17)14-6-4-3-5-7-14/h3-7,12,15H,8-11,13H2,1-2H3,(H,19,20,23). The normalized spacial score (nSPS) is 18.6. The Hall–Kier alpha value is -1.97. The summed E-state index contributed by atoms with van der Waals surface area (Å²) in [5.74, 6) is 0.166. The zero-order valence-electron chi connectivity index (χ0n) is 15.5. The Morgan fingerprint density at radius 1 is 1.26 bits per heavy atom. The van der Waals surface area contributed by atoms with Gasteiger partial charge in [0.25, 0.3) is 0 Å². The molecule has 1 saturated heterocycles. The van der Waals surface area contributed by atoms with Gasteiger partial charge in [-0.05, 0) is 26.1 Å². The van der Waals surface area contributed by atoms with Crippen molar-refractivity contribution >= 4 is 32.3 Å². The topological polar surface area (TPSA) is 82.6 Å². The minimum Gasteiger partial charge on any atom is -0.319 e. The number of sulfone groups is 1. The Morgan fingerprint density at radius 3 is 2.63 bits per heavy atom. The molecule has 0 bridgehead atoms. The quantitative estimate of drug-likeness (QED) is 0.794. The maximum absolute atomic E-state index is 12.8. The number of rotatable bonds is 6. The Labute approximate surface area is 163 Å². The first-order valence-corrected chi connectivity index (χ1v) is 11.4. The molecule has 1 aliphatic rings. The van der Waals surface area contributed by atoms with Gasteiger partial charge in [0.15, 0.2) is 15.0 Å². The van der Waals surface area contributed by atoms with Gasteiger partial charge in [-0.3, -0.25) is 5.32 Å². The van der Waals surface area contributed by atoms with E-state index in [1.165, 1.54) is 11.3 Å². The number of aromatic nitrogens is 1. The van der Waals surface area contributed by atoms with Crippen LogP contribution in [0.3, 0.4) is 0 Å². The molecule has 27 heavy (non-hydrogen) atoms. The molecule has 0 spiro atoms. The van der Waals surface area contributed by atoms with Crippen molar-refractivity contribution in [1.82, 2.24) is 14.8 Å². The van der Waals surface area contributed by atoms with Gasteiger partial charge in [0.2, 0.25) is 0 Å². The Bertz CT molecular complexity index is 881. The van der Waals surface area contributed by atoms with Crippen molar-refractivity contribution < 1.29 is 13.2 Å². The molecule has 3 rings (SSSR count). The van der Waals surface area contributed by atoms with E-state index in [4.69, 9.17) is 0 Å². The van der Waals surface area contributed by atoms with E-state index in [1.807, 2.05) is 49.3 Å². The van der Waals surface area contributed by atoms with Crippen LogP contribution in [-0.4, -0.2) is 74.0 Å². The predicted octanol–water partition coefficient (Wildman–Crippen LogP) is 2.39. The van der Waals surface area contributed by atoms with Crippen LogP contribution < -0.4 is 5.32 Å². The number of amides is 2. The smallest absolute Gasteiger partial charge is 0.319 e. The molecule has 146 valence electrons. The van der Waals surface area contributed by atoms with Crippen LogP contribution in [0.15, 0.2) is 36.5 Å². The molecule has 1 aromatic heterocycles. The summed E-state index contributed by atoms with van der Waals surface area (Å²) >= 11 is 1.40. The molecular formula is C18H24N4O3S2. The summed E-state index contributed by atoms with van der Waals surface area (Å²) in [5.41, 5.74) is 1.04. The summed E-state index contributed by atoms with van der Waals surface area (Å²) in [4.78, 5) is 21.7. The second kappa shape index (κ2) is 8.37. The van der Waals surface area contributed by atoms with Crippen LogP contribution in [0.2, 0.25) is 0 Å². The van der Waals surface area contributed by atoms with Gasteiger partial charge in [0.05, 0.1) is 16.4 Å². The van der Waals surface area contributed by atoms with Crippen LogP contribution in [0, 0.1) is 0 Å². The molecule has 0 radical (unpaired) electrons. The Morgan fingerprint density at radius 2 is 2.00 bits per heavy atom. The van der Waals surface area contributed by atoms with Gasteiger partial charge in [0, 0.05) is 25.3 Å². The van der Waals surface area contributed by atoms with E-state index >= 15 is 0 Å². The number of hydrogen-bond donors (Lipinski definition) is 1. The molecule has 1 N–H and O–H groups in total. The minimum atomic E-state index is -3.07. The molecule has 7 nitrogen and oxygen atoms in total. The molecule has 9 heteroatoms. The van der Waals surface area contributed by atoms with Crippen LogP contribution in [0.5, 0.6) is 0 Å². The highest BCUT2D eigenvalue weighted by Gasteiger charge is 2.34. The number of carbonyl (C=O) groups excluding carboxylic acids is 1. The zero-order chi connectivity index (χ0) is 19.4. The van der Waals surface area contributed by atoms with Gasteiger partial charge in [-0.1, -0.05) is 41.7 Å². The van der Waals surface area contributed by atoms with Crippen LogP contribution in [-0.2, 0) is 9.84 Å². The molecule has 1 unspecified atom stereocenters. The number of urea groups is 1. The lowest BCUT2D eigenvalue weighted by atomic mass is 10.2. The van der Waals surface area contributed by atoms with E-state index in [9.17, 15) is 13.2 Å². The summed E-state index contributed by atoms with van der Waals surface area (Å²) in [6, 6.07) is 9.26. The number of nitrogens with one attached hydrogen (secondary N) is 1. The number of anilines is 1. The second-order valence-electron chi connectivity index (χ2n) is 6.88. The lowest BCUT2D eigenvalue weighted by molar-refractivity contribution is 0.186. The van der Waals surface area contributed by atoms with Gasteiger partial charge < -0.3 is 9.80 Å². The SMILES string of the molecule is CN(C)CCN(C(=O)Nc1ncc(-c2ccccc2)s1)C1CCS(=O)(=O)C1. The largest absolute Gasteiger partial charge is 0.323 e. The van der Waals surface area contributed by atoms with Gasteiger partial charge in [-0.15, -0.1) is 0 Å². The van der Waals surface area contributed by atoms with E-state index in [0.717, 1.165) is 10.4 Å².